The largest absolute Gasteiger partial charge is 0.456 e. The van der Waals surface area contributed by atoms with Crippen LogP contribution in [0.3, 0.4) is 0 Å². The van der Waals surface area contributed by atoms with Gasteiger partial charge in [-0.3, -0.25) is 0 Å². The molecule has 12 rings (SSSR count). The number of furan rings is 1. The van der Waals surface area contributed by atoms with Gasteiger partial charge in [0.25, 0.3) is 0 Å². The van der Waals surface area contributed by atoms with Crippen molar-refractivity contribution < 1.29 is 4.42 Å². The molecule has 0 radical (unpaired) electrons. The molecule has 0 aliphatic rings. The molecule has 59 heavy (non-hydrogen) atoms. The lowest BCUT2D eigenvalue weighted by Gasteiger charge is -2.20. The van der Waals surface area contributed by atoms with Crippen LogP contribution < -0.4 is 0 Å². The highest BCUT2D eigenvalue weighted by Gasteiger charge is 2.19. The van der Waals surface area contributed by atoms with Crippen molar-refractivity contribution in [2.75, 3.05) is 0 Å². The van der Waals surface area contributed by atoms with Crippen LogP contribution in [0.15, 0.2) is 223 Å². The fraction of sp³-hybridized carbons (Fsp3) is 0. The lowest BCUT2D eigenvalue weighted by Crippen LogP contribution is -1.92. The zero-order valence-corrected chi connectivity index (χ0v) is 32.2. The topological polar surface area (TPSA) is 13.1 Å². The molecule has 0 spiro atoms. The summed E-state index contributed by atoms with van der Waals surface area (Å²) in [6.45, 7) is 0. The summed E-state index contributed by atoms with van der Waals surface area (Å²) in [6.07, 6.45) is 0. The van der Waals surface area contributed by atoms with Crippen LogP contribution in [0.4, 0.5) is 0 Å². The van der Waals surface area contributed by atoms with Crippen LogP contribution in [-0.2, 0) is 0 Å². The predicted molar refractivity (Wildman–Crippen MR) is 251 cm³/mol. The summed E-state index contributed by atoms with van der Waals surface area (Å²) in [5.74, 6) is 0. The monoisotopic (exact) mass is 748 g/mol. The van der Waals surface area contributed by atoms with Gasteiger partial charge in [0.1, 0.15) is 11.2 Å². The van der Waals surface area contributed by atoms with Gasteiger partial charge in [-0.15, -0.1) is 0 Å². The number of rotatable bonds is 5. The average molecular weight is 749 g/mol. The Kier molecular flexibility index (Phi) is 7.61. The summed E-state index contributed by atoms with van der Waals surface area (Å²) >= 11 is 0. The molecule has 0 aliphatic heterocycles. The molecule has 0 N–H and O–H groups in total. The standard InChI is InChI=1S/C58H36O/c1-4-12-37(13-5-1)42-26-31-55-52(33-42)49-28-23-45(36-56(49)59-55)44-25-30-51-54(35-44)58(40-17-8-3-9-18-40)53-34-43(24-29-50(53)57(51)39-15-6-2-7-16-39)41-22-27-48-46(32-41)21-20-38-14-10-11-19-47(38)48/h1-36H. The van der Waals surface area contributed by atoms with E-state index in [0.717, 1.165) is 33.1 Å². The molecule has 12 aromatic rings. The van der Waals surface area contributed by atoms with Crippen LogP contribution in [0, 0.1) is 0 Å². The normalized spacial score (nSPS) is 11.7. The van der Waals surface area contributed by atoms with E-state index in [0.29, 0.717) is 0 Å². The van der Waals surface area contributed by atoms with E-state index in [-0.39, 0.29) is 0 Å². The SMILES string of the molecule is c1ccc(-c2ccc3oc4cc(-c5ccc6c(-c7ccccc7)c7ccc(-c8ccc9c(ccc%10ccccc%109)c8)cc7c(-c7ccccc7)c6c5)ccc4c3c2)cc1. The summed E-state index contributed by atoms with van der Waals surface area (Å²) in [7, 11) is 0. The van der Waals surface area contributed by atoms with Crippen molar-refractivity contribution >= 4 is 65.0 Å². The summed E-state index contributed by atoms with van der Waals surface area (Å²) in [5, 5.41) is 12.3. The van der Waals surface area contributed by atoms with Crippen molar-refractivity contribution in [2.24, 2.45) is 0 Å². The van der Waals surface area contributed by atoms with Gasteiger partial charge in [0.05, 0.1) is 0 Å². The van der Waals surface area contributed by atoms with Crippen LogP contribution >= 0.6 is 0 Å². The summed E-state index contributed by atoms with van der Waals surface area (Å²) in [5.41, 5.74) is 13.8. The van der Waals surface area contributed by atoms with Crippen LogP contribution in [-0.4, -0.2) is 0 Å². The van der Waals surface area contributed by atoms with Gasteiger partial charge in [-0.2, -0.15) is 0 Å². The van der Waals surface area contributed by atoms with Gasteiger partial charge in [-0.1, -0.05) is 176 Å². The maximum Gasteiger partial charge on any atom is 0.136 e. The van der Waals surface area contributed by atoms with E-state index < -0.39 is 0 Å². The highest BCUT2D eigenvalue weighted by Crippen LogP contribution is 2.46. The van der Waals surface area contributed by atoms with Crippen LogP contribution in [0.1, 0.15) is 0 Å². The molecule has 0 aliphatic carbocycles. The molecular formula is C58H36O. The van der Waals surface area contributed by atoms with Crippen molar-refractivity contribution in [1.29, 1.82) is 0 Å². The summed E-state index contributed by atoms with van der Waals surface area (Å²) in [6, 6.07) is 79.6. The zero-order valence-electron chi connectivity index (χ0n) is 32.2. The van der Waals surface area contributed by atoms with E-state index in [1.54, 1.807) is 0 Å². The second kappa shape index (κ2) is 13.4. The van der Waals surface area contributed by atoms with Gasteiger partial charge in [0.15, 0.2) is 0 Å². The minimum absolute atomic E-state index is 0.891. The van der Waals surface area contributed by atoms with Gasteiger partial charge in [0.2, 0.25) is 0 Å². The Labute approximate surface area is 342 Å². The van der Waals surface area contributed by atoms with Gasteiger partial charge in [-0.25, -0.2) is 0 Å². The molecule has 274 valence electrons. The quantitative estimate of drug-likeness (QED) is 0.126. The number of hydrogen-bond donors (Lipinski definition) is 0. The Morgan fingerprint density at radius 2 is 0.644 bits per heavy atom. The van der Waals surface area contributed by atoms with Gasteiger partial charge in [-0.05, 0) is 141 Å². The minimum atomic E-state index is 0.891. The smallest absolute Gasteiger partial charge is 0.136 e. The number of benzene rings is 11. The lowest BCUT2D eigenvalue weighted by atomic mass is 9.83. The molecule has 1 aromatic heterocycles. The number of fused-ring (bicyclic) bond motifs is 8. The van der Waals surface area contributed by atoms with E-state index in [1.807, 2.05) is 0 Å². The first-order valence-corrected chi connectivity index (χ1v) is 20.3. The Balaban J connectivity index is 1.08. The third kappa shape index (κ3) is 5.55. The molecule has 1 nitrogen and oxygen atoms in total. The lowest BCUT2D eigenvalue weighted by molar-refractivity contribution is 0.669. The number of hydrogen-bond acceptors (Lipinski definition) is 1. The van der Waals surface area contributed by atoms with Crippen molar-refractivity contribution in [3.05, 3.63) is 218 Å². The molecule has 0 amide bonds. The zero-order chi connectivity index (χ0) is 38.9. The third-order valence-electron chi connectivity index (χ3n) is 12.2. The Hall–Kier alpha value is -7.74. The van der Waals surface area contributed by atoms with Crippen LogP contribution in [0.5, 0.6) is 0 Å². The van der Waals surface area contributed by atoms with Crippen molar-refractivity contribution in [1.82, 2.24) is 0 Å². The Bertz CT molecular complexity index is 3580. The first-order chi connectivity index (χ1) is 29.2. The molecule has 0 unspecified atom stereocenters. The van der Waals surface area contributed by atoms with E-state index >= 15 is 0 Å². The molecule has 0 atom stereocenters. The van der Waals surface area contributed by atoms with Gasteiger partial charge in [0, 0.05) is 10.8 Å². The highest BCUT2D eigenvalue weighted by atomic mass is 16.3. The molecule has 0 bridgehead atoms. The molecule has 1 heterocycles. The maximum absolute atomic E-state index is 6.52. The fourth-order valence-electron chi connectivity index (χ4n) is 9.38. The predicted octanol–water partition coefficient (Wildman–Crippen LogP) is 16.5. The van der Waals surface area contributed by atoms with E-state index in [9.17, 15) is 0 Å². The molecule has 0 fully saturated rings. The highest BCUT2D eigenvalue weighted by molar-refractivity contribution is 6.23. The summed E-state index contributed by atoms with van der Waals surface area (Å²) in [4.78, 5) is 0. The van der Waals surface area contributed by atoms with Crippen molar-refractivity contribution in [2.45, 2.75) is 0 Å². The van der Waals surface area contributed by atoms with Crippen LogP contribution in [0.25, 0.3) is 121 Å². The molecular weight excluding hydrogens is 713 g/mol. The van der Waals surface area contributed by atoms with Crippen LogP contribution in [0.2, 0.25) is 0 Å². The molecule has 0 saturated carbocycles. The molecule has 11 aromatic carbocycles. The van der Waals surface area contributed by atoms with E-state index in [4.69, 9.17) is 4.42 Å². The molecule has 1 heteroatoms. The fourth-order valence-corrected chi connectivity index (χ4v) is 9.38. The van der Waals surface area contributed by atoms with Crippen molar-refractivity contribution in [3.63, 3.8) is 0 Å². The van der Waals surface area contributed by atoms with E-state index in [2.05, 4.69) is 218 Å². The van der Waals surface area contributed by atoms with Gasteiger partial charge >= 0.3 is 0 Å². The second-order valence-corrected chi connectivity index (χ2v) is 15.6. The Morgan fingerprint density at radius 1 is 0.203 bits per heavy atom. The third-order valence-corrected chi connectivity index (χ3v) is 12.2. The molecule has 0 saturated heterocycles. The second-order valence-electron chi connectivity index (χ2n) is 15.6. The average Bonchev–Trinajstić information content (AvgIpc) is 3.68. The first kappa shape index (κ1) is 33.4. The van der Waals surface area contributed by atoms with E-state index in [1.165, 1.54) is 87.6 Å². The summed E-state index contributed by atoms with van der Waals surface area (Å²) < 4.78 is 6.52. The van der Waals surface area contributed by atoms with Crippen molar-refractivity contribution in [3.8, 4) is 55.6 Å². The first-order valence-electron chi connectivity index (χ1n) is 20.3. The maximum atomic E-state index is 6.52. The van der Waals surface area contributed by atoms with Gasteiger partial charge < -0.3 is 4.42 Å². The minimum Gasteiger partial charge on any atom is -0.456 e. The Morgan fingerprint density at radius 3 is 1.31 bits per heavy atom.